The summed E-state index contributed by atoms with van der Waals surface area (Å²) in [5.74, 6) is 0.846. The first-order valence-electron chi connectivity index (χ1n) is 9.10. The zero-order chi connectivity index (χ0) is 17.6. The average Bonchev–Trinajstić information content (AvgIpc) is 3.22. The van der Waals surface area contributed by atoms with Gasteiger partial charge in [0.15, 0.2) is 0 Å². The number of carbonyl (C=O) groups excluding carboxylic acids is 2. The zero-order valence-corrected chi connectivity index (χ0v) is 14.8. The van der Waals surface area contributed by atoms with Gasteiger partial charge in [0.05, 0.1) is 11.0 Å². The van der Waals surface area contributed by atoms with Crippen LogP contribution in [0.15, 0.2) is 24.3 Å². The zero-order valence-electron chi connectivity index (χ0n) is 14.8. The van der Waals surface area contributed by atoms with Gasteiger partial charge in [0.25, 0.3) is 0 Å². The lowest BCUT2D eigenvalue weighted by atomic mass is 10.2. The summed E-state index contributed by atoms with van der Waals surface area (Å²) in [6.45, 7) is 0.528. The van der Waals surface area contributed by atoms with Gasteiger partial charge in [-0.3, -0.25) is 9.59 Å². The molecule has 1 aliphatic rings. The molecule has 0 radical (unpaired) electrons. The molecular formula is C19H26N4O2. The van der Waals surface area contributed by atoms with Crippen molar-refractivity contribution < 1.29 is 9.59 Å². The molecule has 6 nitrogen and oxygen atoms in total. The molecule has 1 aromatic carbocycles. The number of carbonyl (C=O) groups is 2. The Hall–Kier alpha value is -2.37. The van der Waals surface area contributed by atoms with Crippen molar-refractivity contribution in [1.29, 1.82) is 0 Å². The van der Waals surface area contributed by atoms with Crippen molar-refractivity contribution in [3.8, 4) is 0 Å². The predicted molar refractivity (Wildman–Crippen MR) is 97.1 cm³/mol. The molecular weight excluding hydrogens is 316 g/mol. The molecule has 1 heterocycles. The summed E-state index contributed by atoms with van der Waals surface area (Å²) >= 11 is 0. The molecule has 0 unspecified atom stereocenters. The smallest absolute Gasteiger partial charge is 0.220 e. The molecule has 2 aromatic rings. The third-order valence-corrected chi connectivity index (χ3v) is 4.85. The highest BCUT2D eigenvalue weighted by Crippen LogP contribution is 2.17. The number of imidazole rings is 1. The molecule has 1 aliphatic carbocycles. The molecule has 2 amide bonds. The number of hydrogen-bond donors (Lipinski definition) is 2. The van der Waals surface area contributed by atoms with E-state index in [1.807, 2.05) is 31.3 Å². The Balaban J connectivity index is 1.38. The van der Waals surface area contributed by atoms with Crippen LogP contribution in [0.4, 0.5) is 0 Å². The lowest BCUT2D eigenvalue weighted by molar-refractivity contribution is -0.126. The largest absolute Gasteiger partial charge is 0.356 e. The van der Waals surface area contributed by atoms with Crippen molar-refractivity contribution in [3.05, 3.63) is 30.1 Å². The lowest BCUT2D eigenvalue weighted by Crippen LogP contribution is -2.34. The fourth-order valence-corrected chi connectivity index (χ4v) is 3.42. The topological polar surface area (TPSA) is 76.0 Å². The van der Waals surface area contributed by atoms with Gasteiger partial charge in [-0.2, -0.15) is 0 Å². The van der Waals surface area contributed by atoms with Gasteiger partial charge in [-0.25, -0.2) is 4.98 Å². The van der Waals surface area contributed by atoms with Crippen molar-refractivity contribution in [2.45, 2.75) is 51.0 Å². The van der Waals surface area contributed by atoms with Gasteiger partial charge in [0, 0.05) is 38.9 Å². The van der Waals surface area contributed by atoms with E-state index in [4.69, 9.17) is 0 Å². The molecule has 6 heteroatoms. The number of nitrogens with zero attached hydrogens (tertiary/aromatic N) is 2. The predicted octanol–water partition coefficient (Wildman–Crippen LogP) is 2.07. The molecule has 0 atom stereocenters. The molecule has 134 valence electrons. The summed E-state index contributed by atoms with van der Waals surface area (Å²) in [5.41, 5.74) is 2.06. The third-order valence-electron chi connectivity index (χ3n) is 4.85. The maximum atomic E-state index is 11.9. The number of hydrogen-bond acceptors (Lipinski definition) is 3. The van der Waals surface area contributed by atoms with Crippen LogP contribution in [-0.4, -0.2) is 34.0 Å². The van der Waals surface area contributed by atoms with Crippen molar-refractivity contribution in [3.63, 3.8) is 0 Å². The van der Waals surface area contributed by atoms with Crippen LogP contribution in [0.2, 0.25) is 0 Å². The summed E-state index contributed by atoms with van der Waals surface area (Å²) in [4.78, 5) is 28.3. The molecule has 0 bridgehead atoms. The van der Waals surface area contributed by atoms with Crippen LogP contribution >= 0.6 is 0 Å². The number of nitrogens with one attached hydrogen (secondary N) is 2. The summed E-state index contributed by atoms with van der Waals surface area (Å²) in [6, 6.07) is 8.30. The van der Waals surface area contributed by atoms with Crippen LogP contribution in [0.5, 0.6) is 0 Å². The highest BCUT2D eigenvalue weighted by atomic mass is 16.2. The fraction of sp³-hybridized carbons (Fsp3) is 0.526. The second kappa shape index (κ2) is 8.14. The van der Waals surface area contributed by atoms with Gasteiger partial charge in [-0.15, -0.1) is 0 Å². The summed E-state index contributed by atoms with van der Waals surface area (Å²) in [5, 5.41) is 5.89. The second-order valence-electron chi connectivity index (χ2n) is 6.72. The van der Waals surface area contributed by atoms with Crippen LogP contribution in [0.1, 0.15) is 44.3 Å². The van der Waals surface area contributed by atoms with E-state index >= 15 is 0 Å². The summed E-state index contributed by atoms with van der Waals surface area (Å²) in [6.07, 6.45) is 5.67. The number of benzene rings is 1. The van der Waals surface area contributed by atoms with Gasteiger partial charge in [-0.05, 0) is 25.0 Å². The second-order valence-corrected chi connectivity index (χ2v) is 6.72. The van der Waals surface area contributed by atoms with Crippen molar-refractivity contribution in [2.75, 3.05) is 6.54 Å². The van der Waals surface area contributed by atoms with Gasteiger partial charge in [0.1, 0.15) is 5.82 Å². The standard InChI is InChI=1S/C19H26N4O2/c1-23-16-9-5-4-8-15(16)22-17(23)12-13-20-18(24)10-11-19(25)21-14-6-2-3-7-14/h4-5,8-9,14H,2-3,6-7,10-13H2,1H3,(H,20,24)(H,21,25). The number of rotatable bonds is 7. The van der Waals surface area contributed by atoms with Crippen LogP contribution < -0.4 is 10.6 Å². The van der Waals surface area contributed by atoms with Crippen LogP contribution in [0.3, 0.4) is 0 Å². The van der Waals surface area contributed by atoms with E-state index in [0.717, 1.165) is 29.7 Å². The molecule has 0 spiro atoms. The van der Waals surface area contributed by atoms with Crippen molar-refractivity contribution in [2.24, 2.45) is 7.05 Å². The van der Waals surface area contributed by atoms with E-state index in [1.54, 1.807) is 0 Å². The Bertz CT molecular complexity index is 747. The average molecular weight is 342 g/mol. The first kappa shape index (κ1) is 17.5. The lowest BCUT2D eigenvalue weighted by Gasteiger charge is -2.11. The molecule has 2 N–H and O–H groups in total. The number of amides is 2. The van der Waals surface area contributed by atoms with Crippen LogP contribution in [-0.2, 0) is 23.1 Å². The minimum absolute atomic E-state index is 0.0163. The summed E-state index contributed by atoms with van der Waals surface area (Å²) in [7, 11) is 1.99. The van der Waals surface area contributed by atoms with E-state index < -0.39 is 0 Å². The Kier molecular flexibility index (Phi) is 5.68. The first-order valence-corrected chi connectivity index (χ1v) is 9.10. The van der Waals surface area contributed by atoms with Gasteiger partial charge < -0.3 is 15.2 Å². The Morgan fingerprint density at radius 2 is 1.88 bits per heavy atom. The Morgan fingerprint density at radius 1 is 1.16 bits per heavy atom. The van der Waals surface area contributed by atoms with Gasteiger partial charge >= 0.3 is 0 Å². The molecule has 1 fully saturated rings. The van der Waals surface area contributed by atoms with Crippen LogP contribution in [0.25, 0.3) is 11.0 Å². The Labute approximate surface area is 148 Å². The quantitative estimate of drug-likeness (QED) is 0.809. The first-order chi connectivity index (χ1) is 12.1. The van der Waals surface area contributed by atoms with Crippen LogP contribution in [0, 0.1) is 0 Å². The molecule has 0 aliphatic heterocycles. The monoisotopic (exact) mass is 342 g/mol. The number of aryl methyl sites for hydroxylation is 1. The third kappa shape index (κ3) is 4.59. The van der Waals surface area contributed by atoms with Crippen molar-refractivity contribution in [1.82, 2.24) is 20.2 Å². The minimum Gasteiger partial charge on any atom is -0.356 e. The van der Waals surface area contributed by atoms with E-state index in [0.29, 0.717) is 19.0 Å². The SMILES string of the molecule is Cn1c(CCNC(=O)CCC(=O)NC2CCCC2)nc2ccccc21. The Morgan fingerprint density at radius 3 is 2.64 bits per heavy atom. The maximum Gasteiger partial charge on any atom is 0.220 e. The molecule has 3 rings (SSSR count). The number of aromatic nitrogens is 2. The summed E-state index contributed by atoms with van der Waals surface area (Å²) < 4.78 is 2.05. The van der Waals surface area contributed by atoms with E-state index in [2.05, 4.69) is 20.2 Å². The number of fused-ring (bicyclic) bond motifs is 1. The van der Waals surface area contributed by atoms with E-state index in [9.17, 15) is 9.59 Å². The van der Waals surface area contributed by atoms with E-state index in [-0.39, 0.29) is 24.7 Å². The highest BCUT2D eigenvalue weighted by Gasteiger charge is 2.17. The minimum atomic E-state index is -0.0830. The van der Waals surface area contributed by atoms with Crippen molar-refractivity contribution >= 4 is 22.8 Å². The maximum absolute atomic E-state index is 11.9. The van der Waals surface area contributed by atoms with Gasteiger partial charge in [0.2, 0.25) is 11.8 Å². The number of para-hydroxylation sites is 2. The normalized spacial score (nSPS) is 14.8. The fourth-order valence-electron chi connectivity index (χ4n) is 3.42. The molecule has 1 saturated carbocycles. The molecule has 0 saturated heterocycles. The highest BCUT2D eigenvalue weighted by molar-refractivity contribution is 5.83. The molecule has 1 aromatic heterocycles. The van der Waals surface area contributed by atoms with Gasteiger partial charge in [-0.1, -0.05) is 25.0 Å². The van der Waals surface area contributed by atoms with E-state index in [1.165, 1.54) is 12.8 Å². The molecule has 25 heavy (non-hydrogen) atoms.